The molecule has 4 aliphatic rings. The summed E-state index contributed by atoms with van der Waals surface area (Å²) in [5.41, 5.74) is 0.524. The Hall–Kier alpha value is -0.370. The fraction of sp³-hybridized carbons (Fsp3) is 0.952. The smallest absolute Gasteiger partial charge is 0.138 e. The van der Waals surface area contributed by atoms with Crippen LogP contribution in [-0.4, -0.2) is 17.0 Å². The molecule has 1 N–H and O–H groups in total. The third-order valence-electron chi connectivity index (χ3n) is 9.18. The Morgan fingerprint density at radius 3 is 2.30 bits per heavy atom. The molecule has 130 valence electrons. The molecule has 9 atom stereocenters. The van der Waals surface area contributed by atoms with Crippen LogP contribution in [0.1, 0.15) is 72.6 Å². The Balaban J connectivity index is 1.67. The van der Waals surface area contributed by atoms with Crippen molar-refractivity contribution in [1.29, 1.82) is 0 Å². The summed E-state index contributed by atoms with van der Waals surface area (Å²) in [4.78, 5) is 12.5. The van der Waals surface area contributed by atoms with Gasteiger partial charge in [0.2, 0.25) is 0 Å². The van der Waals surface area contributed by atoms with Crippen LogP contribution in [0.15, 0.2) is 0 Å². The van der Waals surface area contributed by atoms with E-state index in [0.717, 1.165) is 30.6 Å². The molecule has 0 radical (unpaired) electrons. The summed E-state index contributed by atoms with van der Waals surface area (Å²) in [6.45, 7) is 9.24. The predicted octanol–water partition coefficient (Wildman–Crippen LogP) is 4.45. The molecule has 4 rings (SSSR count). The van der Waals surface area contributed by atoms with Crippen molar-refractivity contribution in [1.82, 2.24) is 0 Å². The molecule has 2 heteroatoms. The number of hydrogen-bond donors (Lipinski definition) is 1. The zero-order chi connectivity index (χ0) is 16.6. The van der Waals surface area contributed by atoms with Crippen molar-refractivity contribution in [3.05, 3.63) is 0 Å². The molecule has 4 fully saturated rings. The van der Waals surface area contributed by atoms with Crippen molar-refractivity contribution in [3.8, 4) is 0 Å². The maximum atomic E-state index is 12.5. The molecule has 0 amide bonds. The number of ketones is 1. The lowest BCUT2D eigenvalue weighted by Gasteiger charge is -2.61. The van der Waals surface area contributed by atoms with Gasteiger partial charge in [0.05, 0.1) is 6.10 Å². The molecule has 2 nitrogen and oxygen atoms in total. The molecule has 0 heterocycles. The van der Waals surface area contributed by atoms with Crippen LogP contribution in [0.2, 0.25) is 0 Å². The van der Waals surface area contributed by atoms with Crippen LogP contribution in [0.5, 0.6) is 0 Å². The minimum absolute atomic E-state index is 0.0789. The van der Waals surface area contributed by atoms with Crippen LogP contribution in [0.3, 0.4) is 0 Å². The fourth-order valence-corrected chi connectivity index (χ4v) is 7.99. The van der Waals surface area contributed by atoms with Crippen molar-refractivity contribution >= 4 is 5.78 Å². The van der Waals surface area contributed by atoms with E-state index in [9.17, 15) is 9.90 Å². The van der Waals surface area contributed by atoms with Gasteiger partial charge in [0, 0.05) is 11.8 Å². The van der Waals surface area contributed by atoms with Crippen LogP contribution in [0, 0.1) is 46.3 Å². The number of fused-ring (bicyclic) bond motifs is 5. The van der Waals surface area contributed by atoms with E-state index in [-0.39, 0.29) is 23.4 Å². The highest BCUT2D eigenvalue weighted by atomic mass is 16.3. The van der Waals surface area contributed by atoms with Gasteiger partial charge < -0.3 is 5.11 Å². The molecule has 0 saturated heterocycles. The second-order valence-electron chi connectivity index (χ2n) is 10.0. The van der Waals surface area contributed by atoms with E-state index in [4.69, 9.17) is 0 Å². The highest BCUT2D eigenvalue weighted by Crippen LogP contribution is 2.66. The lowest BCUT2D eigenvalue weighted by Crippen LogP contribution is -2.57. The summed E-state index contributed by atoms with van der Waals surface area (Å²) in [5.74, 6) is 3.91. The minimum Gasteiger partial charge on any atom is -0.393 e. The lowest BCUT2D eigenvalue weighted by atomic mass is 9.43. The fourth-order valence-electron chi connectivity index (χ4n) is 7.99. The lowest BCUT2D eigenvalue weighted by molar-refractivity contribution is -0.159. The molecule has 9 unspecified atom stereocenters. The summed E-state index contributed by atoms with van der Waals surface area (Å²) < 4.78 is 0. The molecule has 4 aliphatic carbocycles. The maximum Gasteiger partial charge on any atom is 0.138 e. The van der Waals surface area contributed by atoms with Gasteiger partial charge in [-0.2, -0.15) is 0 Å². The van der Waals surface area contributed by atoms with Crippen molar-refractivity contribution in [3.63, 3.8) is 0 Å². The van der Waals surface area contributed by atoms with Gasteiger partial charge >= 0.3 is 0 Å². The van der Waals surface area contributed by atoms with Crippen LogP contribution >= 0.6 is 0 Å². The molecule has 0 aliphatic heterocycles. The van der Waals surface area contributed by atoms with E-state index >= 15 is 0 Å². The number of aliphatic hydroxyl groups is 1. The number of rotatable bonds is 0. The van der Waals surface area contributed by atoms with E-state index in [1.165, 1.54) is 32.1 Å². The second kappa shape index (κ2) is 5.07. The second-order valence-corrected chi connectivity index (χ2v) is 10.0. The first kappa shape index (κ1) is 16.1. The summed E-state index contributed by atoms with van der Waals surface area (Å²) in [6.07, 6.45) is 8.26. The van der Waals surface area contributed by atoms with E-state index in [1.807, 2.05) is 0 Å². The largest absolute Gasteiger partial charge is 0.393 e. The quantitative estimate of drug-likeness (QED) is 0.716. The third kappa shape index (κ3) is 2.00. The van der Waals surface area contributed by atoms with Crippen LogP contribution in [0.25, 0.3) is 0 Å². The standard InChI is InChI=1S/C21H34O2/c1-12-11-21(4)15(13(2)19(12)23)6-5-14-16-7-8-18(22)20(16,3)10-9-17(14)21/h12-18,22H,5-11H2,1-4H3. The zero-order valence-corrected chi connectivity index (χ0v) is 15.3. The Bertz CT molecular complexity index is 514. The number of aliphatic hydroxyl groups excluding tert-OH is 1. The first-order valence-corrected chi connectivity index (χ1v) is 10.0. The minimum atomic E-state index is -0.0789. The van der Waals surface area contributed by atoms with Crippen molar-refractivity contribution in [2.45, 2.75) is 78.7 Å². The number of carbonyl (C=O) groups excluding carboxylic acids is 1. The highest BCUT2D eigenvalue weighted by Gasteiger charge is 2.61. The number of carbonyl (C=O) groups is 1. The average molecular weight is 319 g/mol. The van der Waals surface area contributed by atoms with Crippen molar-refractivity contribution in [2.75, 3.05) is 0 Å². The van der Waals surface area contributed by atoms with E-state index in [1.54, 1.807) is 0 Å². The molecule has 23 heavy (non-hydrogen) atoms. The normalized spacial score (nSPS) is 59.2. The first-order chi connectivity index (χ1) is 10.8. The molecular weight excluding hydrogens is 284 g/mol. The summed E-state index contributed by atoms with van der Waals surface area (Å²) in [7, 11) is 0. The van der Waals surface area contributed by atoms with Gasteiger partial charge in [-0.1, -0.05) is 27.7 Å². The van der Waals surface area contributed by atoms with E-state index in [0.29, 0.717) is 17.1 Å². The molecule has 0 aromatic rings. The third-order valence-corrected chi connectivity index (χ3v) is 9.18. The van der Waals surface area contributed by atoms with Crippen molar-refractivity contribution < 1.29 is 9.90 Å². The Labute approximate surface area is 141 Å². The van der Waals surface area contributed by atoms with Gasteiger partial charge in [0.1, 0.15) is 5.78 Å². The van der Waals surface area contributed by atoms with Gasteiger partial charge in [0.15, 0.2) is 0 Å². The van der Waals surface area contributed by atoms with Gasteiger partial charge in [-0.05, 0) is 79.4 Å². The topological polar surface area (TPSA) is 37.3 Å². The Kier molecular flexibility index (Phi) is 3.55. The molecule has 0 spiro atoms. The van der Waals surface area contributed by atoms with Gasteiger partial charge in [-0.15, -0.1) is 0 Å². The number of hydrogen-bond acceptors (Lipinski definition) is 2. The Morgan fingerprint density at radius 2 is 1.57 bits per heavy atom. The predicted molar refractivity (Wildman–Crippen MR) is 91.8 cm³/mol. The average Bonchev–Trinajstić information content (AvgIpc) is 2.80. The molecule has 0 aromatic carbocycles. The summed E-state index contributed by atoms with van der Waals surface area (Å²) in [6, 6.07) is 0. The van der Waals surface area contributed by atoms with E-state index in [2.05, 4.69) is 27.7 Å². The molecule has 4 saturated carbocycles. The highest BCUT2D eigenvalue weighted by molar-refractivity contribution is 5.84. The SMILES string of the molecule is CC1CC2(C)C(CCC3C4CCC(O)C4(C)CCC32)C(C)C1=O. The maximum absolute atomic E-state index is 12.5. The summed E-state index contributed by atoms with van der Waals surface area (Å²) in [5, 5.41) is 10.5. The van der Waals surface area contributed by atoms with Crippen LogP contribution < -0.4 is 0 Å². The van der Waals surface area contributed by atoms with Gasteiger partial charge in [-0.25, -0.2) is 0 Å². The van der Waals surface area contributed by atoms with Crippen molar-refractivity contribution in [2.24, 2.45) is 46.3 Å². The molecule has 0 bridgehead atoms. The first-order valence-electron chi connectivity index (χ1n) is 10.0. The van der Waals surface area contributed by atoms with Crippen LogP contribution in [-0.2, 0) is 4.79 Å². The molecule has 0 aromatic heterocycles. The molecular formula is C21H34O2. The van der Waals surface area contributed by atoms with Gasteiger partial charge in [0.25, 0.3) is 0 Å². The van der Waals surface area contributed by atoms with Crippen LogP contribution in [0.4, 0.5) is 0 Å². The number of Topliss-reactive ketones (excluding diaryl/α,β-unsaturated/α-hetero) is 1. The summed E-state index contributed by atoms with van der Waals surface area (Å²) >= 11 is 0. The Morgan fingerprint density at radius 1 is 0.913 bits per heavy atom. The monoisotopic (exact) mass is 318 g/mol. The van der Waals surface area contributed by atoms with Gasteiger partial charge in [-0.3, -0.25) is 4.79 Å². The zero-order valence-electron chi connectivity index (χ0n) is 15.3. The van der Waals surface area contributed by atoms with E-state index < -0.39 is 0 Å².